The van der Waals surface area contributed by atoms with E-state index in [1.54, 1.807) is 48.6 Å². The minimum Gasteiger partial charge on any atom is -0.507 e. The van der Waals surface area contributed by atoms with Crippen LogP contribution in [0.3, 0.4) is 0 Å². The predicted molar refractivity (Wildman–Crippen MR) is 96.2 cm³/mol. The largest absolute Gasteiger partial charge is 0.507 e. The molecule has 1 fully saturated rings. The van der Waals surface area contributed by atoms with Crippen LogP contribution in [0.15, 0.2) is 61.7 Å². The summed E-state index contributed by atoms with van der Waals surface area (Å²) in [7, 11) is 0. The van der Waals surface area contributed by atoms with E-state index in [0.717, 1.165) is 0 Å². The van der Waals surface area contributed by atoms with Gasteiger partial charge in [0.15, 0.2) is 0 Å². The molecule has 1 aliphatic rings. The van der Waals surface area contributed by atoms with Crippen LogP contribution in [-0.4, -0.2) is 36.7 Å². The Labute approximate surface area is 147 Å². The zero-order valence-corrected chi connectivity index (χ0v) is 14.0. The van der Waals surface area contributed by atoms with Crippen molar-refractivity contribution in [2.75, 3.05) is 13.4 Å². The van der Waals surface area contributed by atoms with Crippen LogP contribution < -0.4 is 0 Å². The van der Waals surface area contributed by atoms with E-state index in [1.807, 2.05) is 0 Å². The first-order chi connectivity index (χ1) is 12.2. The van der Waals surface area contributed by atoms with E-state index in [2.05, 4.69) is 13.2 Å². The molecule has 0 aromatic heterocycles. The van der Waals surface area contributed by atoms with Crippen LogP contribution in [0.5, 0.6) is 5.75 Å². The number of carbonyl (C=O) groups excluding carboxylic acids is 1. The molecule has 1 saturated heterocycles. The molecule has 1 aliphatic heterocycles. The lowest BCUT2D eigenvalue weighted by Crippen LogP contribution is -2.31. The first-order valence-corrected chi connectivity index (χ1v) is 7.98. The van der Waals surface area contributed by atoms with E-state index in [4.69, 9.17) is 14.2 Å². The summed E-state index contributed by atoms with van der Waals surface area (Å²) in [6.07, 6.45) is 9.60. The zero-order valence-electron chi connectivity index (χ0n) is 14.0. The monoisotopic (exact) mass is 342 g/mol. The molecule has 1 aromatic carbocycles. The van der Waals surface area contributed by atoms with Gasteiger partial charge in [0.25, 0.3) is 0 Å². The Morgan fingerprint density at radius 3 is 2.84 bits per heavy atom. The van der Waals surface area contributed by atoms with Crippen LogP contribution in [0, 0.1) is 0 Å². The number of hydrogen-bond acceptors (Lipinski definition) is 5. The van der Waals surface area contributed by atoms with Gasteiger partial charge in [-0.05, 0) is 11.6 Å². The van der Waals surface area contributed by atoms with Gasteiger partial charge in [-0.3, -0.25) is 0 Å². The number of ether oxygens (including phenoxy) is 3. The second-order valence-corrected chi connectivity index (χ2v) is 5.35. The lowest BCUT2D eigenvalue weighted by molar-refractivity contribution is -0.0744. The summed E-state index contributed by atoms with van der Waals surface area (Å²) in [5, 5.41) is 10.1. The Hall–Kier alpha value is -2.63. The van der Waals surface area contributed by atoms with Crippen molar-refractivity contribution in [1.82, 2.24) is 0 Å². The van der Waals surface area contributed by atoms with Crippen LogP contribution in [-0.2, 0) is 14.2 Å². The van der Waals surface area contributed by atoms with Crippen LogP contribution in [0.25, 0.3) is 6.08 Å². The van der Waals surface area contributed by atoms with E-state index in [-0.39, 0.29) is 18.1 Å². The number of allylic oxidation sites excluding steroid dienone is 4. The van der Waals surface area contributed by atoms with Gasteiger partial charge < -0.3 is 19.3 Å². The van der Waals surface area contributed by atoms with Gasteiger partial charge in [-0.2, -0.15) is 0 Å². The van der Waals surface area contributed by atoms with Crippen LogP contribution in [0.4, 0.5) is 0 Å². The highest BCUT2D eigenvalue weighted by molar-refractivity contribution is 5.96. The van der Waals surface area contributed by atoms with E-state index in [9.17, 15) is 9.90 Å². The molecule has 25 heavy (non-hydrogen) atoms. The number of aromatic hydroxyl groups is 1. The summed E-state index contributed by atoms with van der Waals surface area (Å²) < 4.78 is 16.5. The molecule has 0 radical (unpaired) electrons. The minimum absolute atomic E-state index is 0.109. The van der Waals surface area contributed by atoms with Gasteiger partial charge in [-0.15, -0.1) is 0 Å². The normalized spacial score (nSPS) is 21.1. The second-order valence-electron chi connectivity index (χ2n) is 5.35. The highest BCUT2D eigenvalue weighted by Gasteiger charge is 2.28. The fraction of sp³-hybridized carbons (Fsp3) is 0.250. The van der Waals surface area contributed by atoms with E-state index < -0.39 is 18.2 Å². The maximum absolute atomic E-state index is 12.7. The van der Waals surface area contributed by atoms with Gasteiger partial charge in [0.05, 0.1) is 6.61 Å². The molecule has 2 rings (SSSR count). The summed E-state index contributed by atoms with van der Waals surface area (Å²) in [6.45, 7) is 7.77. The average Bonchev–Trinajstić information content (AvgIpc) is 2.83. The maximum Gasteiger partial charge on any atom is 0.342 e. The SMILES string of the molecule is C=C/C=C\[C@@H]1OCOCC[C@@H]1OC(=O)c1c(O)cccc1/C=C/C=C. The summed E-state index contributed by atoms with van der Waals surface area (Å²) in [4.78, 5) is 12.7. The molecule has 0 saturated carbocycles. The van der Waals surface area contributed by atoms with E-state index >= 15 is 0 Å². The van der Waals surface area contributed by atoms with Gasteiger partial charge in [0, 0.05) is 6.42 Å². The van der Waals surface area contributed by atoms with Crippen LogP contribution in [0.1, 0.15) is 22.3 Å². The zero-order chi connectivity index (χ0) is 18.1. The van der Waals surface area contributed by atoms with Crippen molar-refractivity contribution in [2.24, 2.45) is 0 Å². The van der Waals surface area contributed by atoms with E-state index in [1.165, 1.54) is 6.07 Å². The molecule has 0 bridgehead atoms. The standard InChI is InChI=1S/C20H22O5/c1-3-5-8-15-9-7-10-16(21)19(15)20(22)25-18-12-13-23-14-24-17(18)11-6-4-2/h3-11,17-18,21H,1-2,12-14H2/b8-5+,11-6-/t17-,18-/m0/s1. The molecule has 0 unspecified atom stereocenters. The molecular weight excluding hydrogens is 320 g/mol. The van der Waals surface area contributed by atoms with Crippen molar-refractivity contribution in [3.8, 4) is 5.75 Å². The first-order valence-electron chi connectivity index (χ1n) is 7.98. The summed E-state index contributed by atoms with van der Waals surface area (Å²) in [5.41, 5.74) is 0.658. The Bertz CT molecular complexity index is 675. The van der Waals surface area contributed by atoms with Gasteiger partial charge in [-0.1, -0.05) is 61.7 Å². The lowest BCUT2D eigenvalue weighted by Gasteiger charge is -2.22. The van der Waals surface area contributed by atoms with Crippen molar-refractivity contribution < 1.29 is 24.1 Å². The molecule has 1 aromatic rings. The summed E-state index contributed by atoms with van der Waals surface area (Å²) >= 11 is 0. The third kappa shape index (κ3) is 5.17. The fourth-order valence-electron chi connectivity index (χ4n) is 2.44. The predicted octanol–water partition coefficient (Wildman–Crippen LogP) is 3.62. The number of hydrogen-bond donors (Lipinski definition) is 1. The number of carbonyl (C=O) groups is 1. The van der Waals surface area contributed by atoms with Gasteiger partial charge in [0.1, 0.15) is 30.3 Å². The van der Waals surface area contributed by atoms with Crippen molar-refractivity contribution in [3.05, 3.63) is 72.9 Å². The maximum atomic E-state index is 12.7. The molecule has 132 valence electrons. The number of esters is 1. The third-order valence-electron chi connectivity index (χ3n) is 3.64. The molecular formula is C20H22O5. The average molecular weight is 342 g/mol. The Kier molecular flexibility index (Phi) is 7.19. The quantitative estimate of drug-likeness (QED) is 0.632. The van der Waals surface area contributed by atoms with E-state index in [0.29, 0.717) is 18.6 Å². The van der Waals surface area contributed by atoms with Crippen LogP contribution in [0.2, 0.25) is 0 Å². The third-order valence-corrected chi connectivity index (χ3v) is 3.64. The van der Waals surface area contributed by atoms with Crippen molar-refractivity contribution in [3.63, 3.8) is 0 Å². The van der Waals surface area contributed by atoms with Crippen LogP contribution >= 0.6 is 0 Å². The fourth-order valence-corrected chi connectivity index (χ4v) is 2.44. The molecule has 1 heterocycles. The minimum atomic E-state index is -0.616. The van der Waals surface area contributed by atoms with Crippen molar-refractivity contribution >= 4 is 12.0 Å². The van der Waals surface area contributed by atoms with Crippen molar-refractivity contribution in [2.45, 2.75) is 18.6 Å². The van der Waals surface area contributed by atoms with Crippen molar-refractivity contribution in [1.29, 1.82) is 0 Å². The lowest BCUT2D eigenvalue weighted by atomic mass is 10.1. The number of rotatable bonds is 6. The smallest absolute Gasteiger partial charge is 0.342 e. The number of benzene rings is 1. The van der Waals surface area contributed by atoms with Gasteiger partial charge in [-0.25, -0.2) is 4.79 Å². The Morgan fingerprint density at radius 2 is 2.08 bits per heavy atom. The molecule has 0 spiro atoms. The summed E-state index contributed by atoms with van der Waals surface area (Å²) in [5.74, 6) is -0.755. The molecule has 0 aliphatic carbocycles. The molecule has 2 atom stereocenters. The highest BCUT2D eigenvalue weighted by Crippen LogP contribution is 2.25. The highest BCUT2D eigenvalue weighted by atomic mass is 16.7. The second kappa shape index (κ2) is 9.61. The topological polar surface area (TPSA) is 65.0 Å². The Morgan fingerprint density at radius 1 is 1.28 bits per heavy atom. The van der Waals surface area contributed by atoms with Gasteiger partial charge >= 0.3 is 5.97 Å². The summed E-state index contributed by atoms with van der Waals surface area (Å²) in [6, 6.07) is 4.83. The molecule has 5 nitrogen and oxygen atoms in total. The first kappa shape index (κ1) is 18.7. The number of phenolic OH excluding ortho intramolecular Hbond substituents is 1. The van der Waals surface area contributed by atoms with Gasteiger partial charge in [0.2, 0.25) is 0 Å². The molecule has 0 amide bonds. The molecule has 1 N–H and O–H groups in total. The molecule has 5 heteroatoms. The Balaban J connectivity index is 2.24. The number of phenols is 1.